The number of rotatable bonds is 4. The Labute approximate surface area is 88.2 Å². The molecule has 0 aromatic heterocycles. The van der Waals surface area contributed by atoms with Crippen molar-refractivity contribution in [2.45, 2.75) is 13.3 Å². The molecule has 4 heteroatoms. The highest BCUT2D eigenvalue weighted by atomic mass is 19.1. The maximum Gasteiger partial charge on any atom is 0.223 e. The van der Waals surface area contributed by atoms with Gasteiger partial charge in [-0.05, 0) is 18.6 Å². The third-order valence-electron chi connectivity index (χ3n) is 2.02. The Balaban J connectivity index is 2.51. The van der Waals surface area contributed by atoms with Crippen LogP contribution in [0.5, 0.6) is 5.75 Å². The molecule has 1 aromatic carbocycles. The fourth-order valence-corrected chi connectivity index (χ4v) is 1.11. The summed E-state index contributed by atoms with van der Waals surface area (Å²) in [6.45, 7) is 1.85. The molecule has 0 saturated carbocycles. The molecule has 1 amide bonds. The van der Waals surface area contributed by atoms with Crippen molar-refractivity contribution < 1.29 is 13.9 Å². The molecule has 0 heterocycles. The van der Waals surface area contributed by atoms with Crippen molar-refractivity contribution >= 4 is 5.91 Å². The zero-order valence-electron chi connectivity index (χ0n) is 8.84. The molecular weight excluding hydrogens is 197 g/mol. The number of amides is 1. The first-order valence-electron chi connectivity index (χ1n) is 4.73. The van der Waals surface area contributed by atoms with E-state index in [0.717, 1.165) is 0 Å². The average molecular weight is 211 g/mol. The summed E-state index contributed by atoms with van der Waals surface area (Å²) in [6, 6.07) is 4.93. The van der Waals surface area contributed by atoms with E-state index in [1.165, 1.54) is 0 Å². The van der Waals surface area contributed by atoms with Gasteiger partial charge >= 0.3 is 0 Å². The lowest BCUT2D eigenvalue weighted by molar-refractivity contribution is -0.121. The second kappa shape index (κ2) is 5.34. The minimum absolute atomic E-state index is 0.122. The van der Waals surface area contributed by atoms with Gasteiger partial charge < -0.3 is 10.1 Å². The molecule has 0 fully saturated rings. The van der Waals surface area contributed by atoms with Crippen LogP contribution in [0.2, 0.25) is 0 Å². The number of aryl methyl sites for hydroxylation is 1. The van der Waals surface area contributed by atoms with E-state index in [1.54, 1.807) is 32.2 Å². The van der Waals surface area contributed by atoms with Crippen molar-refractivity contribution in [3.8, 4) is 5.75 Å². The fraction of sp³-hybridized carbons (Fsp3) is 0.364. The number of ether oxygens (including phenoxy) is 1. The molecule has 0 aliphatic rings. The highest BCUT2D eigenvalue weighted by Crippen LogP contribution is 2.19. The van der Waals surface area contributed by atoms with Gasteiger partial charge in [-0.15, -0.1) is 0 Å². The molecular formula is C11H14FNO2. The minimum Gasteiger partial charge on any atom is -0.490 e. The van der Waals surface area contributed by atoms with Gasteiger partial charge in [0.1, 0.15) is 0 Å². The van der Waals surface area contributed by atoms with Crippen molar-refractivity contribution in [3.63, 3.8) is 0 Å². The number of hydrogen-bond acceptors (Lipinski definition) is 2. The van der Waals surface area contributed by atoms with E-state index in [-0.39, 0.29) is 30.5 Å². The molecule has 0 aliphatic heterocycles. The van der Waals surface area contributed by atoms with Gasteiger partial charge in [0, 0.05) is 7.05 Å². The Morgan fingerprint density at radius 1 is 1.53 bits per heavy atom. The van der Waals surface area contributed by atoms with Gasteiger partial charge in [0.05, 0.1) is 13.0 Å². The monoisotopic (exact) mass is 211 g/mol. The Morgan fingerprint density at radius 3 is 2.93 bits per heavy atom. The minimum atomic E-state index is -0.366. The topological polar surface area (TPSA) is 38.3 Å². The lowest BCUT2D eigenvalue weighted by Crippen LogP contribution is -2.20. The molecule has 0 atom stereocenters. The number of carbonyl (C=O) groups excluding carboxylic acids is 1. The highest BCUT2D eigenvalue weighted by Gasteiger charge is 2.06. The van der Waals surface area contributed by atoms with E-state index in [2.05, 4.69) is 5.32 Å². The van der Waals surface area contributed by atoms with Crippen LogP contribution in [0.1, 0.15) is 12.0 Å². The summed E-state index contributed by atoms with van der Waals surface area (Å²) in [7, 11) is 1.55. The third kappa shape index (κ3) is 3.23. The Hall–Kier alpha value is -1.58. The number of hydrogen-bond donors (Lipinski definition) is 1. The Kier molecular flexibility index (Phi) is 4.09. The van der Waals surface area contributed by atoms with Gasteiger partial charge in [0.25, 0.3) is 0 Å². The summed E-state index contributed by atoms with van der Waals surface area (Å²) in [5, 5.41) is 2.46. The third-order valence-corrected chi connectivity index (χ3v) is 2.02. The number of halogens is 1. The summed E-state index contributed by atoms with van der Waals surface area (Å²) in [4.78, 5) is 10.9. The van der Waals surface area contributed by atoms with Crippen LogP contribution in [-0.4, -0.2) is 19.6 Å². The van der Waals surface area contributed by atoms with E-state index >= 15 is 0 Å². The standard InChI is InChI=1S/C11H14FNO2/c1-8-4-3-5-9(11(8)12)15-7-6-10(14)13-2/h3-5H,6-7H2,1-2H3,(H,13,14). The fourth-order valence-electron chi connectivity index (χ4n) is 1.11. The van der Waals surface area contributed by atoms with Crippen molar-refractivity contribution in [2.75, 3.05) is 13.7 Å². The van der Waals surface area contributed by atoms with Crippen LogP contribution in [0.15, 0.2) is 18.2 Å². The van der Waals surface area contributed by atoms with Gasteiger partial charge in [0.15, 0.2) is 11.6 Å². The number of nitrogens with one attached hydrogen (secondary N) is 1. The van der Waals surface area contributed by atoms with Crippen LogP contribution >= 0.6 is 0 Å². The molecule has 0 aliphatic carbocycles. The summed E-state index contributed by atoms with van der Waals surface area (Å²) >= 11 is 0. The normalized spacial score (nSPS) is 9.80. The van der Waals surface area contributed by atoms with Gasteiger partial charge in [0.2, 0.25) is 5.91 Å². The molecule has 0 radical (unpaired) electrons. The molecule has 0 bridgehead atoms. The molecule has 0 saturated heterocycles. The first-order chi connectivity index (χ1) is 7.15. The summed E-state index contributed by atoms with van der Waals surface area (Å²) in [6.07, 6.45) is 0.226. The molecule has 15 heavy (non-hydrogen) atoms. The largest absolute Gasteiger partial charge is 0.490 e. The summed E-state index contributed by atoms with van der Waals surface area (Å²) in [5.41, 5.74) is 0.535. The molecule has 1 rings (SSSR count). The molecule has 82 valence electrons. The molecule has 1 N–H and O–H groups in total. The van der Waals surface area contributed by atoms with Crippen molar-refractivity contribution in [1.29, 1.82) is 0 Å². The highest BCUT2D eigenvalue weighted by molar-refractivity contribution is 5.75. The van der Waals surface area contributed by atoms with Crippen LogP contribution in [0.3, 0.4) is 0 Å². The van der Waals surface area contributed by atoms with E-state index in [0.29, 0.717) is 5.56 Å². The summed E-state index contributed by atoms with van der Waals surface area (Å²) in [5.74, 6) is -0.295. The molecule has 0 unspecified atom stereocenters. The van der Waals surface area contributed by atoms with Gasteiger partial charge in [-0.3, -0.25) is 4.79 Å². The predicted octanol–water partition coefficient (Wildman–Crippen LogP) is 1.65. The first kappa shape index (κ1) is 11.5. The van der Waals surface area contributed by atoms with Crippen LogP contribution in [0.4, 0.5) is 4.39 Å². The van der Waals surface area contributed by atoms with Gasteiger partial charge in [-0.25, -0.2) is 4.39 Å². The smallest absolute Gasteiger partial charge is 0.223 e. The van der Waals surface area contributed by atoms with Crippen molar-refractivity contribution in [3.05, 3.63) is 29.6 Å². The number of benzene rings is 1. The summed E-state index contributed by atoms with van der Waals surface area (Å²) < 4.78 is 18.5. The Morgan fingerprint density at radius 2 is 2.27 bits per heavy atom. The van der Waals surface area contributed by atoms with E-state index < -0.39 is 0 Å². The van der Waals surface area contributed by atoms with Crippen molar-refractivity contribution in [1.82, 2.24) is 5.32 Å². The van der Waals surface area contributed by atoms with Crippen LogP contribution in [0, 0.1) is 12.7 Å². The van der Waals surface area contributed by atoms with Crippen molar-refractivity contribution in [2.24, 2.45) is 0 Å². The molecule has 1 aromatic rings. The van der Waals surface area contributed by atoms with E-state index in [9.17, 15) is 9.18 Å². The van der Waals surface area contributed by atoms with Crippen LogP contribution in [0.25, 0.3) is 0 Å². The lowest BCUT2D eigenvalue weighted by atomic mass is 10.2. The SMILES string of the molecule is CNC(=O)CCOc1cccc(C)c1F. The maximum atomic E-state index is 13.4. The van der Waals surface area contributed by atoms with Crippen LogP contribution < -0.4 is 10.1 Å². The number of carbonyl (C=O) groups is 1. The van der Waals surface area contributed by atoms with Gasteiger partial charge in [-0.1, -0.05) is 12.1 Å². The second-order valence-electron chi connectivity index (χ2n) is 3.16. The van der Waals surface area contributed by atoms with E-state index in [4.69, 9.17) is 4.74 Å². The predicted molar refractivity (Wildman–Crippen MR) is 55.3 cm³/mol. The van der Waals surface area contributed by atoms with Crippen LogP contribution in [-0.2, 0) is 4.79 Å². The quantitative estimate of drug-likeness (QED) is 0.822. The van der Waals surface area contributed by atoms with Gasteiger partial charge in [-0.2, -0.15) is 0 Å². The average Bonchev–Trinajstić information content (AvgIpc) is 2.24. The lowest BCUT2D eigenvalue weighted by Gasteiger charge is -2.07. The maximum absolute atomic E-state index is 13.4. The molecule has 3 nitrogen and oxygen atoms in total. The second-order valence-corrected chi connectivity index (χ2v) is 3.16. The van der Waals surface area contributed by atoms with E-state index in [1.807, 2.05) is 0 Å². The molecule has 0 spiro atoms. The Bertz CT molecular complexity index is 352. The first-order valence-corrected chi connectivity index (χ1v) is 4.73. The zero-order chi connectivity index (χ0) is 11.3. The zero-order valence-corrected chi connectivity index (χ0v) is 8.84.